The fourth-order valence-electron chi connectivity index (χ4n) is 12.2. The van der Waals surface area contributed by atoms with Crippen molar-refractivity contribution in [2.24, 2.45) is 34.5 Å². The molecule has 2 saturated heterocycles. The molecule has 2 aromatic rings. The van der Waals surface area contributed by atoms with Gasteiger partial charge in [-0.25, -0.2) is 0 Å². The van der Waals surface area contributed by atoms with Crippen LogP contribution < -0.4 is 0 Å². The number of likely N-dealkylation sites (tertiary alicyclic amines) is 2. The summed E-state index contributed by atoms with van der Waals surface area (Å²) in [6.45, 7) is 19.1. The maximum Gasteiger partial charge on any atom is 0.417 e. The Kier molecular flexibility index (Phi) is 19.6. The molecule has 2 aromatic heterocycles. The van der Waals surface area contributed by atoms with E-state index < -0.39 is 34.3 Å². The van der Waals surface area contributed by atoms with Crippen molar-refractivity contribution in [1.82, 2.24) is 29.6 Å². The quantitative estimate of drug-likeness (QED) is 0.235. The summed E-state index contributed by atoms with van der Waals surface area (Å²) in [5.41, 5.74) is 0.134. The monoisotopic (exact) mass is 991 g/mol. The molecule has 4 fully saturated rings. The van der Waals surface area contributed by atoms with Crippen molar-refractivity contribution >= 4 is 24.1 Å². The van der Waals surface area contributed by atoms with Crippen LogP contribution in [0.1, 0.15) is 152 Å². The summed E-state index contributed by atoms with van der Waals surface area (Å²) in [4.78, 5) is 77.1. The van der Waals surface area contributed by atoms with Crippen molar-refractivity contribution in [3.05, 3.63) is 58.2 Å². The van der Waals surface area contributed by atoms with Gasteiger partial charge < -0.3 is 19.6 Å². The van der Waals surface area contributed by atoms with Gasteiger partial charge >= 0.3 is 24.7 Å². The number of carbonyl (C=O) groups is 2. The minimum Gasteiger partial charge on any atom is -0.337 e. The van der Waals surface area contributed by atoms with Gasteiger partial charge in [0.05, 0.1) is 22.0 Å². The normalized spacial score (nSPS) is 25.6. The molecule has 8 rings (SSSR count). The molecule has 12 nitrogen and oxygen atoms in total. The Morgan fingerprint density at radius 3 is 1.21 bits per heavy atom. The summed E-state index contributed by atoms with van der Waals surface area (Å²) in [7, 11) is 0. The minimum absolute atomic E-state index is 0.126. The van der Waals surface area contributed by atoms with Crippen molar-refractivity contribution in [3.63, 3.8) is 0 Å². The van der Waals surface area contributed by atoms with Gasteiger partial charge in [0, 0.05) is 74.9 Å². The molecule has 6 aliphatic rings. The lowest BCUT2D eigenvalue weighted by atomic mass is 9.73. The van der Waals surface area contributed by atoms with Crippen molar-refractivity contribution in [2.75, 3.05) is 39.3 Å². The molecule has 0 radical (unpaired) electrons. The molecule has 18 heteroatoms. The Hall–Kier alpha value is -4.50. The molecule has 2 aliphatic carbocycles. The van der Waals surface area contributed by atoms with Gasteiger partial charge in [0.25, 0.3) is 0 Å². The number of rotatable bonds is 8. The Morgan fingerprint density at radius 2 is 0.929 bits per heavy atom. The number of piperidine rings is 2. The molecule has 2 saturated carbocycles. The first-order chi connectivity index (χ1) is 33.1. The molecule has 4 atom stereocenters. The zero-order valence-electron chi connectivity index (χ0n) is 41.7. The average Bonchev–Trinajstić information content (AvgIpc) is 4.01. The average molecular weight is 991 g/mol. The second-order valence-electron chi connectivity index (χ2n) is 21.0. The summed E-state index contributed by atoms with van der Waals surface area (Å²) in [5, 5.41) is 0. The van der Waals surface area contributed by atoms with Gasteiger partial charge in [-0.15, -0.1) is 0 Å². The highest BCUT2D eigenvalue weighted by Gasteiger charge is 2.52. The highest BCUT2D eigenvalue weighted by molar-refractivity contribution is 5.84. The van der Waals surface area contributed by atoms with Crippen LogP contribution in [0.15, 0.2) is 24.5 Å². The van der Waals surface area contributed by atoms with Crippen molar-refractivity contribution in [2.45, 2.75) is 169 Å². The van der Waals surface area contributed by atoms with E-state index in [0.717, 1.165) is 88.9 Å². The van der Waals surface area contributed by atoms with Gasteiger partial charge in [-0.3, -0.25) is 19.6 Å². The topological polar surface area (TPSA) is 141 Å². The van der Waals surface area contributed by atoms with Crippen molar-refractivity contribution in [3.8, 4) is 0 Å². The van der Waals surface area contributed by atoms with Crippen LogP contribution in [0.3, 0.4) is 0 Å². The van der Waals surface area contributed by atoms with Gasteiger partial charge in [0.1, 0.15) is 0 Å². The minimum atomic E-state index is -4.42. The van der Waals surface area contributed by atoms with E-state index in [1.54, 1.807) is 9.80 Å². The van der Waals surface area contributed by atoms with E-state index in [1.165, 1.54) is 50.7 Å². The first-order valence-electron chi connectivity index (χ1n) is 25.3. The second-order valence-corrected chi connectivity index (χ2v) is 21.0. The molecule has 6 heterocycles. The number of nitrogens with zero attached hydrogens (tertiary/aromatic N) is 6. The van der Waals surface area contributed by atoms with Crippen LogP contribution in [-0.2, 0) is 67.1 Å². The fourth-order valence-corrected chi connectivity index (χ4v) is 12.2. The zero-order chi connectivity index (χ0) is 51.6. The number of alkyl halides is 6. The number of hydrogen-bond donors (Lipinski definition) is 0. The Bertz CT molecular complexity index is 1990. The van der Waals surface area contributed by atoms with Crippen LogP contribution in [0.4, 0.5) is 26.3 Å². The summed E-state index contributed by atoms with van der Waals surface area (Å²) >= 11 is 0. The Morgan fingerprint density at radius 1 is 0.600 bits per heavy atom. The third kappa shape index (κ3) is 13.1. The number of pyridine rings is 2. The zero-order valence-corrected chi connectivity index (χ0v) is 41.7. The second kappa shape index (κ2) is 24.3. The number of halogens is 6. The lowest BCUT2D eigenvalue weighted by Gasteiger charge is -2.41. The molecule has 0 bridgehead atoms. The largest absolute Gasteiger partial charge is 0.417 e. The van der Waals surface area contributed by atoms with Gasteiger partial charge in [0.2, 0.25) is 11.8 Å². The van der Waals surface area contributed by atoms with E-state index in [2.05, 4.69) is 61.3 Å². The summed E-state index contributed by atoms with van der Waals surface area (Å²) < 4.78 is 79.0. The molecular formula is C52H72F6N6O6. The summed E-state index contributed by atoms with van der Waals surface area (Å²) in [5.74, 6) is 2.31. The summed E-state index contributed by atoms with van der Waals surface area (Å²) in [6.07, 6.45) is 7.51. The summed E-state index contributed by atoms with van der Waals surface area (Å²) in [6, 6.07) is 3.24. The number of hydrogen-bond acceptors (Lipinski definition) is 10. The molecule has 4 aliphatic heterocycles. The van der Waals surface area contributed by atoms with E-state index in [4.69, 9.17) is 19.2 Å². The molecular weight excluding hydrogens is 919 g/mol. The first-order valence-corrected chi connectivity index (χ1v) is 25.3. The fraction of sp³-hybridized carbons (Fsp3) is 0.731. The predicted molar refractivity (Wildman–Crippen MR) is 246 cm³/mol. The lowest BCUT2D eigenvalue weighted by molar-refractivity contribution is -0.193. The van der Waals surface area contributed by atoms with E-state index in [0.29, 0.717) is 60.5 Å². The highest BCUT2D eigenvalue weighted by atomic mass is 19.4. The molecule has 388 valence electrons. The molecule has 0 unspecified atom stereocenters. The lowest BCUT2D eigenvalue weighted by Crippen LogP contribution is -2.49. The Labute approximate surface area is 408 Å². The van der Waals surface area contributed by atoms with Gasteiger partial charge in [-0.05, 0) is 137 Å². The third-order valence-corrected chi connectivity index (χ3v) is 16.9. The first kappa shape index (κ1) is 56.4. The number of amides is 2. The van der Waals surface area contributed by atoms with E-state index in [9.17, 15) is 35.9 Å². The van der Waals surface area contributed by atoms with Crippen molar-refractivity contribution in [1.29, 1.82) is 0 Å². The van der Waals surface area contributed by atoms with Crippen LogP contribution in [0.2, 0.25) is 0 Å². The maximum atomic E-state index is 13.8. The standard InChI is InChI=1S/2C25H36F3N3O.2CO2/c2*1-4-18-6-10-30(11-7-18)21-5-9-24(14-21,17(2)3)23(32)31-12-8-22-19(16-31)13-20(15-29-22)25(26,27)28;2*2-1-3/h2*13,15,17-18,21H,4-12,14,16H2,1-3H3;;/t21-,24+;21-,24-;;/m10../s1. The van der Waals surface area contributed by atoms with E-state index >= 15 is 0 Å². The third-order valence-electron chi connectivity index (χ3n) is 16.9. The van der Waals surface area contributed by atoms with Crippen LogP contribution in [0, 0.1) is 34.5 Å². The molecule has 0 spiro atoms. The Balaban J connectivity index is 0.000000235. The predicted octanol–water partition coefficient (Wildman–Crippen LogP) is 9.44. The van der Waals surface area contributed by atoms with E-state index in [1.807, 2.05) is 0 Å². The molecule has 0 N–H and O–H groups in total. The van der Waals surface area contributed by atoms with Crippen LogP contribution in [0.5, 0.6) is 0 Å². The molecule has 70 heavy (non-hydrogen) atoms. The van der Waals surface area contributed by atoms with Gasteiger partial charge in [-0.2, -0.15) is 45.5 Å². The highest BCUT2D eigenvalue weighted by Crippen LogP contribution is 2.50. The van der Waals surface area contributed by atoms with Crippen LogP contribution in [-0.4, -0.2) is 105 Å². The van der Waals surface area contributed by atoms with Crippen molar-refractivity contribution < 1.29 is 55.1 Å². The number of carbonyl (C=O) groups excluding carboxylic acids is 6. The maximum absolute atomic E-state index is 13.8. The van der Waals surface area contributed by atoms with Gasteiger partial charge in [-0.1, -0.05) is 54.4 Å². The molecule has 2 amide bonds. The smallest absolute Gasteiger partial charge is 0.337 e. The van der Waals surface area contributed by atoms with Gasteiger partial charge in [0.15, 0.2) is 0 Å². The van der Waals surface area contributed by atoms with Crippen LogP contribution in [0.25, 0.3) is 0 Å². The van der Waals surface area contributed by atoms with Crippen LogP contribution >= 0.6 is 0 Å². The number of aromatic nitrogens is 2. The number of fused-ring (bicyclic) bond motifs is 2. The SMILES string of the molecule is CCC1CCN([C@@H]2CC[C@@](C(=O)N3CCc4ncc(C(F)(F)F)cc4C3)(C(C)C)C2)CC1.CCC1CCN([C@H]2CC[C@@](C(=O)N3CCc4ncc(C(F)(F)F)cc4C3)(C(C)C)C2)CC1.O=C=O.O=C=O. The molecule has 0 aromatic carbocycles. The van der Waals surface area contributed by atoms with E-state index in [-0.39, 0.29) is 49.0 Å².